The number of piperidine rings is 1. The van der Waals surface area contributed by atoms with Gasteiger partial charge in [0.1, 0.15) is 21.8 Å². The van der Waals surface area contributed by atoms with E-state index < -0.39 is 0 Å². The van der Waals surface area contributed by atoms with Crippen molar-refractivity contribution in [3.05, 3.63) is 44.2 Å². The van der Waals surface area contributed by atoms with Crippen molar-refractivity contribution < 1.29 is 4.74 Å². The molecule has 1 saturated heterocycles. The standard InChI is InChI=1S/C17H18BrN5O2/c1-17(2)8-14(25-17)22-5-3-10(4-6-22)12-7-13(24)20-16-11(9-19)15(18)21-23(12)16/h7-8,10H,3-6H2,1-2H3,(H,20,24). The van der Waals surface area contributed by atoms with Gasteiger partial charge in [-0.05, 0) is 42.6 Å². The second kappa shape index (κ2) is 5.63. The summed E-state index contributed by atoms with van der Waals surface area (Å²) in [5.41, 5.74) is 1.28. The van der Waals surface area contributed by atoms with E-state index in [1.807, 2.05) is 13.8 Å². The molecule has 4 heterocycles. The van der Waals surface area contributed by atoms with Crippen LogP contribution in [0.3, 0.4) is 0 Å². The number of rotatable bonds is 2. The van der Waals surface area contributed by atoms with Crippen LogP contribution in [0.25, 0.3) is 5.65 Å². The summed E-state index contributed by atoms with van der Waals surface area (Å²) < 4.78 is 7.94. The SMILES string of the molecule is CC1(C)C=C(N2CCC(c3cc(=O)[nH]c4c(C#N)c(Br)nn34)CC2)O1. The van der Waals surface area contributed by atoms with Crippen LogP contribution in [0.4, 0.5) is 0 Å². The van der Waals surface area contributed by atoms with Crippen molar-refractivity contribution in [1.29, 1.82) is 5.26 Å². The van der Waals surface area contributed by atoms with Crippen LogP contribution in [0.5, 0.6) is 0 Å². The molecule has 8 heteroatoms. The lowest BCUT2D eigenvalue weighted by molar-refractivity contribution is -0.0350. The first-order valence-electron chi connectivity index (χ1n) is 8.26. The van der Waals surface area contributed by atoms with E-state index in [0.29, 0.717) is 15.8 Å². The summed E-state index contributed by atoms with van der Waals surface area (Å²) in [6.45, 7) is 5.82. The molecule has 7 nitrogen and oxygen atoms in total. The average molecular weight is 404 g/mol. The highest BCUT2D eigenvalue weighted by Crippen LogP contribution is 2.35. The highest BCUT2D eigenvalue weighted by atomic mass is 79.9. The van der Waals surface area contributed by atoms with Gasteiger partial charge in [0.15, 0.2) is 11.5 Å². The number of hydrogen-bond donors (Lipinski definition) is 1. The van der Waals surface area contributed by atoms with Crippen LogP contribution in [0.15, 0.2) is 27.4 Å². The van der Waals surface area contributed by atoms with E-state index in [2.05, 4.69) is 43.1 Å². The number of H-pyrrole nitrogens is 1. The van der Waals surface area contributed by atoms with Gasteiger partial charge in [0.2, 0.25) is 0 Å². The Morgan fingerprint density at radius 3 is 2.72 bits per heavy atom. The maximum absolute atomic E-state index is 12.1. The lowest BCUT2D eigenvalue weighted by Gasteiger charge is -2.43. The molecule has 0 aromatic carbocycles. The number of nitriles is 1. The zero-order chi connectivity index (χ0) is 17.8. The summed E-state index contributed by atoms with van der Waals surface area (Å²) in [6.07, 6.45) is 3.95. The second-order valence-corrected chi connectivity index (χ2v) is 7.80. The number of likely N-dealkylation sites (tertiary alicyclic amines) is 1. The summed E-state index contributed by atoms with van der Waals surface area (Å²) >= 11 is 3.30. The predicted molar refractivity (Wildman–Crippen MR) is 95.0 cm³/mol. The maximum Gasteiger partial charge on any atom is 0.251 e. The minimum Gasteiger partial charge on any atom is -0.469 e. The van der Waals surface area contributed by atoms with Crippen molar-refractivity contribution in [2.45, 2.75) is 38.2 Å². The molecule has 1 fully saturated rings. The Balaban J connectivity index is 1.62. The van der Waals surface area contributed by atoms with E-state index in [-0.39, 0.29) is 17.1 Å². The number of nitrogens with zero attached hydrogens (tertiary/aromatic N) is 4. The fourth-order valence-electron chi connectivity index (χ4n) is 3.55. The van der Waals surface area contributed by atoms with Crippen LogP contribution >= 0.6 is 15.9 Å². The smallest absolute Gasteiger partial charge is 0.251 e. The van der Waals surface area contributed by atoms with Gasteiger partial charge >= 0.3 is 0 Å². The third kappa shape index (κ3) is 2.72. The first-order valence-corrected chi connectivity index (χ1v) is 9.05. The Labute approximate surface area is 153 Å². The Morgan fingerprint density at radius 1 is 1.44 bits per heavy atom. The number of nitrogens with one attached hydrogen (secondary N) is 1. The lowest BCUT2D eigenvalue weighted by Crippen LogP contribution is -2.42. The number of hydrogen-bond acceptors (Lipinski definition) is 5. The molecule has 0 unspecified atom stereocenters. The molecule has 0 bridgehead atoms. The largest absolute Gasteiger partial charge is 0.469 e. The Bertz CT molecular complexity index is 973. The molecule has 0 saturated carbocycles. The molecule has 4 rings (SSSR count). The van der Waals surface area contributed by atoms with Crippen molar-refractivity contribution in [1.82, 2.24) is 19.5 Å². The Morgan fingerprint density at radius 2 is 2.12 bits per heavy atom. The molecule has 2 aliphatic heterocycles. The number of fused-ring (bicyclic) bond motifs is 1. The molecule has 2 aromatic rings. The summed E-state index contributed by atoms with van der Waals surface area (Å²) in [6, 6.07) is 3.68. The number of aromatic amines is 1. The molecule has 25 heavy (non-hydrogen) atoms. The van der Waals surface area contributed by atoms with Gasteiger partial charge in [-0.2, -0.15) is 10.4 Å². The van der Waals surface area contributed by atoms with Crippen LogP contribution < -0.4 is 5.56 Å². The van der Waals surface area contributed by atoms with Crippen LogP contribution in [-0.2, 0) is 4.74 Å². The van der Waals surface area contributed by atoms with E-state index >= 15 is 0 Å². The number of ether oxygens (including phenoxy) is 1. The van der Waals surface area contributed by atoms with Gasteiger partial charge in [-0.1, -0.05) is 0 Å². The lowest BCUT2D eigenvalue weighted by atomic mass is 9.92. The summed E-state index contributed by atoms with van der Waals surface area (Å²) in [7, 11) is 0. The number of halogens is 1. The van der Waals surface area contributed by atoms with Gasteiger partial charge < -0.3 is 14.6 Å². The van der Waals surface area contributed by atoms with Crippen LogP contribution in [0.2, 0.25) is 0 Å². The topological polar surface area (TPSA) is 86.4 Å². The van der Waals surface area contributed by atoms with Crippen molar-refractivity contribution in [2.24, 2.45) is 0 Å². The van der Waals surface area contributed by atoms with Gasteiger partial charge in [0.05, 0.1) is 5.69 Å². The maximum atomic E-state index is 12.1. The Hall–Kier alpha value is -2.27. The second-order valence-electron chi connectivity index (χ2n) is 7.05. The van der Waals surface area contributed by atoms with E-state index in [9.17, 15) is 10.1 Å². The molecule has 130 valence electrons. The van der Waals surface area contributed by atoms with Crippen molar-refractivity contribution in [3.8, 4) is 6.07 Å². The summed E-state index contributed by atoms with van der Waals surface area (Å²) in [5.74, 6) is 1.17. The van der Waals surface area contributed by atoms with Gasteiger partial charge in [-0.3, -0.25) is 4.79 Å². The minimum absolute atomic E-state index is 0.167. The minimum atomic E-state index is -0.208. The normalized spacial score (nSPS) is 19.9. The van der Waals surface area contributed by atoms with E-state index in [0.717, 1.165) is 37.5 Å². The van der Waals surface area contributed by atoms with Gasteiger partial charge in [-0.25, -0.2) is 4.52 Å². The monoisotopic (exact) mass is 403 g/mol. The van der Waals surface area contributed by atoms with Crippen molar-refractivity contribution in [3.63, 3.8) is 0 Å². The van der Waals surface area contributed by atoms with Gasteiger partial charge in [0.25, 0.3) is 5.56 Å². The molecule has 2 aromatic heterocycles. The highest BCUT2D eigenvalue weighted by molar-refractivity contribution is 9.10. The first-order chi connectivity index (χ1) is 11.9. The van der Waals surface area contributed by atoms with E-state index in [4.69, 9.17) is 4.74 Å². The van der Waals surface area contributed by atoms with Gasteiger partial charge in [-0.15, -0.1) is 0 Å². The van der Waals surface area contributed by atoms with Crippen LogP contribution in [0.1, 0.15) is 43.9 Å². The third-order valence-corrected chi connectivity index (χ3v) is 5.34. The molecule has 0 amide bonds. The molecule has 0 spiro atoms. The predicted octanol–water partition coefficient (Wildman–Crippen LogP) is 2.49. The number of aromatic nitrogens is 3. The van der Waals surface area contributed by atoms with Gasteiger partial charge in [0, 0.05) is 31.1 Å². The molecular formula is C17H18BrN5O2. The first kappa shape index (κ1) is 16.2. The molecule has 0 radical (unpaired) electrons. The van der Waals surface area contributed by atoms with E-state index in [1.54, 1.807) is 10.6 Å². The van der Waals surface area contributed by atoms with E-state index in [1.165, 1.54) is 0 Å². The molecule has 0 atom stereocenters. The zero-order valence-corrected chi connectivity index (χ0v) is 15.6. The summed E-state index contributed by atoms with van der Waals surface area (Å²) in [5, 5.41) is 13.7. The fraction of sp³-hybridized carbons (Fsp3) is 0.471. The molecule has 0 aliphatic carbocycles. The van der Waals surface area contributed by atoms with Crippen LogP contribution in [0, 0.1) is 11.3 Å². The summed E-state index contributed by atoms with van der Waals surface area (Å²) in [4.78, 5) is 17.0. The quantitative estimate of drug-likeness (QED) is 0.831. The third-order valence-electron chi connectivity index (χ3n) is 4.78. The van der Waals surface area contributed by atoms with Crippen LogP contribution in [-0.4, -0.2) is 38.2 Å². The fourth-order valence-corrected chi connectivity index (χ4v) is 3.99. The Kier molecular flexibility index (Phi) is 3.65. The molecule has 2 aliphatic rings. The molecular weight excluding hydrogens is 386 g/mol. The van der Waals surface area contributed by atoms with Crippen molar-refractivity contribution >= 4 is 21.6 Å². The highest BCUT2D eigenvalue weighted by Gasteiger charge is 2.34. The zero-order valence-electron chi connectivity index (χ0n) is 14.0. The molecule has 1 N–H and O–H groups in total. The average Bonchev–Trinajstić information content (AvgIpc) is 2.87. The van der Waals surface area contributed by atoms with Crippen molar-refractivity contribution in [2.75, 3.05) is 13.1 Å².